The number of rotatable bonds is 2. The van der Waals surface area contributed by atoms with Crippen molar-refractivity contribution in [3.63, 3.8) is 0 Å². The van der Waals surface area contributed by atoms with E-state index in [1.807, 2.05) is 37.5 Å². The Bertz CT molecular complexity index is 752. The summed E-state index contributed by atoms with van der Waals surface area (Å²) in [4.78, 5) is 18.4. The van der Waals surface area contributed by atoms with Gasteiger partial charge in [-0.15, -0.1) is 10.2 Å². The number of nitrogen functional groups attached to an aromatic ring is 1. The summed E-state index contributed by atoms with van der Waals surface area (Å²) >= 11 is 0. The summed E-state index contributed by atoms with van der Waals surface area (Å²) < 4.78 is 7.46. The first-order valence-electron chi connectivity index (χ1n) is 8.44. The molecule has 8 nitrogen and oxygen atoms in total. The van der Waals surface area contributed by atoms with E-state index in [9.17, 15) is 4.79 Å². The number of aromatic nitrogens is 4. The Morgan fingerprint density at radius 1 is 1.36 bits per heavy atom. The van der Waals surface area contributed by atoms with Crippen molar-refractivity contribution in [2.45, 2.75) is 45.3 Å². The summed E-state index contributed by atoms with van der Waals surface area (Å²) in [5.41, 5.74) is 5.95. The number of carbonyl (C=O) groups excluding carboxylic acids is 1. The van der Waals surface area contributed by atoms with Gasteiger partial charge in [-0.25, -0.2) is 9.78 Å². The minimum atomic E-state index is -0.503. The van der Waals surface area contributed by atoms with Crippen molar-refractivity contribution < 1.29 is 9.53 Å². The summed E-state index contributed by atoms with van der Waals surface area (Å²) in [6.45, 7) is 6.86. The van der Waals surface area contributed by atoms with Crippen LogP contribution in [0.3, 0.4) is 0 Å². The number of amides is 1. The molecule has 1 amide bonds. The molecule has 8 heteroatoms. The van der Waals surface area contributed by atoms with Gasteiger partial charge >= 0.3 is 6.09 Å². The Labute approximate surface area is 147 Å². The van der Waals surface area contributed by atoms with Crippen LogP contribution < -0.4 is 5.73 Å². The summed E-state index contributed by atoms with van der Waals surface area (Å²) in [5, 5.41) is 8.22. The largest absolute Gasteiger partial charge is 0.444 e. The SMILES string of the molecule is CC(C)(C)OC(=O)N1CCC[C@@H](n2cnnc2-c2cccc(N)n2)C1. The lowest BCUT2D eigenvalue weighted by Crippen LogP contribution is -2.43. The molecular weight excluding hydrogens is 320 g/mol. The quantitative estimate of drug-likeness (QED) is 0.898. The molecule has 0 radical (unpaired) electrons. The smallest absolute Gasteiger partial charge is 0.410 e. The monoisotopic (exact) mass is 344 g/mol. The predicted octanol–water partition coefficient (Wildman–Crippen LogP) is 2.49. The molecule has 2 aromatic rings. The molecule has 0 bridgehead atoms. The minimum Gasteiger partial charge on any atom is -0.444 e. The zero-order valence-electron chi connectivity index (χ0n) is 14.8. The van der Waals surface area contributed by atoms with Crippen molar-refractivity contribution in [3.05, 3.63) is 24.5 Å². The Balaban J connectivity index is 1.79. The standard InChI is InChI=1S/C17H24N6O2/c1-17(2,3)25-16(24)22-9-5-6-12(10-22)23-11-19-21-15(23)13-7-4-8-14(18)20-13/h4,7-8,11-12H,5-6,9-10H2,1-3H3,(H2,18,20)/t12-/m1/s1. The molecule has 2 aromatic heterocycles. The number of piperidine rings is 1. The lowest BCUT2D eigenvalue weighted by atomic mass is 10.1. The average molecular weight is 344 g/mol. The van der Waals surface area contributed by atoms with Crippen molar-refractivity contribution in [3.8, 4) is 11.5 Å². The van der Waals surface area contributed by atoms with Crippen LogP contribution in [0.15, 0.2) is 24.5 Å². The van der Waals surface area contributed by atoms with Gasteiger partial charge in [-0.1, -0.05) is 6.07 Å². The number of carbonyl (C=O) groups is 1. The van der Waals surface area contributed by atoms with Crippen LogP contribution in [0.2, 0.25) is 0 Å². The van der Waals surface area contributed by atoms with E-state index in [-0.39, 0.29) is 12.1 Å². The van der Waals surface area contributed by atoms with Gasteiger partial charge in [0, 0.05) is 13.1 Å². The van der Waals surface area contributed by atoms with E-state index in [0.29, 0.717) is 30.4 Å². The van der Waals surface area contributed by atoms with E-state index in [1.165, 1.54) is 0 Å². The molecule has 1 aliphatic heterocycles. The van der Waals surface area contributed by atoms with Gasteiger partial charge in [0.25, 0.3) is 0 Å². The highest BCUT2D eigenvalue weighted by molar-refractivity contribution is 5.68. The second kappa shape index (κ2) is 6.70. The molecule has 2 N–H and O–H groups in total. The maximum Gasteiger partial charge on any atom is 0.410 e. The number of nitrogens with two attached hydrogens (primary N) is 1. The number of hydrogen-bond acceptors (Lipinski definition) is 6. The summed E-state index contributed by atoms with van der Waals surface area (Å²) in [6.07, 6.45) is 3.23. The number of likely N-dealkylation sites (tertiary alicyclic amines) is 1. The molecule has 3 rings (SSSR count). The molecule has 134 valence electrons. The number of anilines is 1. The molecule has 3 heterocycles. The van der Waals surface area contributed by atoms with E-state index in [0.717, 1.165) is 12.8 Å². The fourth-order valence-corrected chi connectivity index (χ4v) is 2.94. The third kappa shape index (κ3) is 4.07. The minimum absolute atomic E-state index is 0.0782. The van der Waals surface area contributed by atoms with E-state index >= 15 is 0 Å². The Morgan fingerprint density at radius 2 is 2.16 bits per heavy atom. The topological polar surface area (TPSA) is 99.2 Å². The molecular formula is C17H24N6O2. The zero-order valence-corrected chi connectivity index (χ0v) is 14.8. The normalized spacial score (nSPS) is 18.2. The summed E-state index contributed by atoms with van der Waals surface area (Å²) in [5.74, 6) is 1.09. The highest BCUT2D eigenvalue weighted by atomic mass is 16.6. The first-order valence-corrected chi connectivity index (χ1v) is 8.44. The molecule has 0 aromatic carbocycles. The average Bonchev–Trinajstić information content (AvgIpc) is 3.03. The third-order valence-electron chi connectivity index (χ3n) is 4.01. The van der Waals surface area contributed by atoms with Crippen LogP contribution in [0.4, 0.5) is 10.6 Å². The lowest BCUT2D eigenvalue weighted by molar-refractivity contribution is 0.0173. The van der Waals surface area contributed by atoms with Crippen molar-refractivity contribution in [1.82, 2.24) is 24.6 Å². The van der Waals surface area contributed by atoms with Gasteiger partial charge in [0.1, 0.15) is 23.4 Å². The fourth-order valence-electron chi connectivity index (χ4n) is 2.94. The van der Waals surface area contributed by atoms with Crippen LogP contribution in [0, 0.1) is 0 Å². The van der Waals surface area contributed by atoms with Crippen LogP contribution in [0.1, 0.15) is 39.7 Å². The number of hydrogen-bond donors (Lipinski definition) is 1. The zero-order chi connectivity index (χ0) is 18.0. The second-order valence-corrected chi connectivity index (χ2v) is 7.23. The molecule has 1 fully saturated rings. The number of nitrogens with zero attached hydrogens (tertiary/aromatic N) is 5. The van der Waals surface area contributed by atoms with E-state index in [2.05, 4.69) is 15.2 Å². The molecule has 0 unspecified atom stereocenters. The van der Waals surface area contributed by atoms with Crippen molar-refractivity contribution in [1.29, 1.82) is 0 Å². The van der Waals surface area contributed by atoms with Gasteiger partial charge < -0.3 is 19.9 Å². The van der Waals surface area contributed by atoms with Gasteiger partial charge in [-0.2, -0.15) is 0 Å². The number of pyridine rings is 1. The maximum absolute atomic E-state index is 12.4. The molecule has 1 aliphatic rings. The Kier molecular flexibility index (Phi) is 4.61. The van der Waals surface area contributed by atoms with Gasteiger partial charge in [0.05, 0.1) is 6.04 Å². The molecule has 1 saturated heterocycles. The maximum atomic E-state index is 12.4. The van der Waals surface area contributed by atoms with Crippen LogP contribution in [-0.4, -0.2) is 49.4 Å². The van der Waals surface area contributed by atoms with Crippen molar-refractivity contribution >= 4 is 11.9 Å². The highest BCUT2D eigenvalue weighted by Crippen LogP contribution is 2.27. The Hall–Kier alpha value is -2.64. The van der Waals surface area contributed by atoms with Crippen molar-refractivity contribution in [2.24, 2.45) is 0 Å². The third-order valence-corrected chi connectivity index (χ3v) is 4.01. The fraction of sp³-hybridized carbons (Fsp3) is 0.529. The highest BCUT2D eigenvalue weighted by Gasteiger charge is 2.29. The molecule has 25 heavy (non-hydrogen) atoms. The molecule has 0 aliphatic carbocycles. The van der Waals surface area contributed by atoms with E-state index < -0.39 is 5.60 Å². The van der Waals surface area contributed by atoms with E-state index in [4.69, 9.17) is 10.5 Å². The summed E-state index contributed by atoms with van der Waals surface area (Å²) in [6, 6.07) is 5.50. The Morgan fingerprint density at radius 3 is 2.88 bits per heavy atom. The van der Waals surface area contributed by atoms with Crippen LogP contribution in [-0.2, 0) is 4.74 Å². The summed E-state index contributed by atoms with van der Waals surface area (Å²) in [7, 11) is 0. The predicted molar refractivity (Wildman–Crippen MR) is 93.7 cm³/mol. The van der Waals surface area contributed by atoms with Gasteiger partial charge in [-0.05, 0) is 45.7 Å². The first-order chi connectivity index (χ1) is 11.8. The lowest BCUT2D eigenvalue weighted by Gasteiger charge is -2.34. The van der Waals surface area contributed by atoms with Crippen LogP contribution in [0.25, 0.3) is 11.5 Å². The van der Waals surface area contributed by atoms with Gasteiger partial charge in [0.2, 0.25) is 0 Å². The van der Waals surface area contributed by atoms with Crippen molar-refractivity contribution in [2.75, 3.05) is 18.8 Å². The first kappa shape index (κ1) is 17.2. The van der Waals surface area contributed by atoms with Gasteiger partial charge in [0.15, 0.2) is 5.82 Å². The second-order valence-electron chi connectivity index (χ2n) is 7.23. The van der Waals surface area contributed by atoms with Crippen LogP contribution in [0.5, 0.6) is 0 Å². The molecule has 0 saturated carbocycles. The molecule has 0 spiro atoms. The van der Waals surface area contributed by atoms with Crippen LogP contribution >= 0.6 is 0 Å². The van der Waals surface area contributed by atoms with E-state index in [1.54, 1.807) is 17.3 Å². The molecule has 1 atom stereocenters. The number of ether oxygens (including phenoxy) is 1. The van der Waals surface area contributed by atoms with Gasteiger partial charge in [-0.3, -0.25) is 0 Å².